The van der Waals surface area contributed by atoms with Crippen LogP contribution in [0.1, 0.15) is 180 Å². The van der Waals surface area contributed by atoms with Gasteiger partial charge in [0.1, 0.15) is 17.7 Å². The van der Waals surface area contributed by atoms with E-state index in [1.54, 1.807) is 29.9 Å². The van der Waals surface area contributed by atoms with Crippen LogP contribution >= 0.6 is 22.9 Å². The van der Waals surface area contributed by atoms with Crippen molar-refractivity contribution in [1.82, 2.24) is 33.2 Å². The van der Waals surface area contributed by atoms with Crippen molar-refractivity contribution in [1.29, 1.82) is 0 Å². The van der Waals surface area contributed by atoms with Crippen LogP contribution in [0.2, 0.25) is 5.02 Å². The normalized spacial score (nSPS) is 12.2. The molecule has 0 spiro atoms. The number of aliphatic imine (C=N–C) groups is 3. The van der Waals surface area contributed by atoms with Crippen LogP contribution in [0.5, 0.6) is 0 Å². The zero-order valence-corrected chi connectivity index (χ0v) is 57.7. The summed E-state index contributed by atoms with van der Waals surface area (Å²) in [5.41, 5.74) is 13.0. The van der Waals surface area contributed by atoms with Gasteiger partial charge in [-0.05, 0) is 183 Å². The van der Waals surface area contributed by atoms with E-state index in [-0.39, 0.29) is 5.82 Å². The van der Waals surface area contributed by atoms with Crippen molar-refractivity contribution >= 4 is 89.5 Å². The Hall–Kier alpha value is -7.74. The van der Waals surface area contributed by atoms with Gasteiger partial charge in [0.15, 0.2) is 11.5 Å². The predicted molar refractivity (Wildman–Crippen MR) is 381 cm³/mol. The lowest BCUT2D eigenvalue weighted by Crippen LogP contribution is -2.07. The maximum absolute atomic E-state index is 13.3. The van der Waals surface area contributed by atoms with Crippen LogP contribution in [0.4, 0.5) is 10.1 Å². The molecule has 8 heterocycles. The first-order valence-electron chi connectivity index (χ1n) is 31.4. The van der Waals surface area contributed by atoms with Crippen molar-refractivity contribution in [3.05, 3.63) is 203 Å². The Morgan fingerprint density at radius 1 is 0.573 bits per heavy atom. The fourth-order valence-electron chi connectivity index (χ4n) is 9.60. The van der Waals surface area contributed by atoms with E-state index in [0.717, 1.165) is 56.6 Å². The molecule has 2 aliphatic rings. The van der Waals surface area contributed by atoms with Crippen molar-refractivity contribution in [3.63, 3.8) is 0 Å². The van der Waals surface area contributed by atoms with E-state index in [1.807, 2.05) is 49.8 Å². The quantitative estimate of drug-likeness (QED) is 0.151. The maximum Gasteiger partial charge on any atom is 0.198 e. The average Bonchev–Trinajstić information content (AvgIpc) is 2.75. The molecule has 0 fully saturated rings. The molecule has 13 rings (SSSR count). The summed E-state index contributed by atoms with van der Waals surface area (Å²) in [6, 6.07) is 43.0. The Morgan fingerprint density at radius 3 is 1.78 bits per heavy atom. The fraction of sp³-hybridized carbons (Fsp3) is 0.387. The smallest absolute Gasteiger partial charge is 0.198 e. The fourth-order valence-corrected chi connectivity index (χ4v) is 10.7. The highest BCUT2D eigenvalue weighted by Crippen LogP contribution is 2.32. The summed E-state index contributed by atoms with van der Waals surface area (Å²) in [5, 5.41) is 4.64. The van der Waals surface area contributed by atoms with Crippen LogP contribution in [0.3, 0.4) is 0 Å². The standard InChI is InChI=1S/C12H15N.C11H12ClNO.C11H12FN.C11H13NS.C11H13N.C7H11N.2C6H10N2/c1-9(2)13-10(3)8-11-6-4-5-7-12(11)13;1-6(2)11-13-9-5-8(12)7(3)4-10(9)14-11;1-7(2)11-6-8-9(12)4-3-5-10(8)13-11;1-7(2)11-12-9-6-8(3)4-5-10(9)13-11;1-9(2)12-8-7-10-5-3-4-6-11(10)12;1-7(2)8-5-3-4-6-8;1-5(2)6-3-7-4-8-6;1-6(2)8-4-3-7-5-8/h4-9H,1-3H3;4-6H,1-3H3;3-5,7H,6H2,1-2H3;4-7H,1-3H3;3-9H,1-2H3;3-7H,1-2H3;4-5H,3H2,1-2H3;3-6H,1-2H3. The number of oxazole rings is 1. The molecule has 0 unspecified atom stereocenters. The highest BCUT2D eigenvalue weighted by Gasteiger charge is 2.20. The molecule has 0 saturated carbocycles. The van der Waals surface area contributed by atoms with E-state index in [0.29, 0.717) is 54.3 Å². The van der Waals surface area contributed by atoms with Gasteiger partial charge in [0.2, 0.25) is 0 Å². The first-order chi connectivity index (χ1) is 42.3. The Labute approximate surface area is 538 Å². The van der Waals surface area contributed by atoms with Gasteiger partial charge in [0.05, 0.1) is 33.8 Å². The number of aromatic nitrogens is 7. The van der Waals surface area contributed by atoms with Crippen molar-refractivity contribution in [2.24, 2.45) is 26.8 Å². The Morgan fingerprint density at radius 2 is 1.24 bits per heavy atom. The first kappa shape index (κ1) is 70.3. The molecule has 472 valence electrons. The lowest BCUT2D eigenvalue weighted by Gasteiger charge is -2.11. The Balaban J connectivity index is 0.000000164. The van der Waals surface area contributed by atoms with Gasteiger partial charge in [-0.3, -0.25) is 9.98 Å². The molecule has 0 radical (unpaired) electrons. The van der Waals surface area contributed by atoms with E-state index in [9.17, 15) is 4.39 Å². The van der Waals surface area contributed by atoms with Crippen molar-refractivity contribution in [2.75, 3.05) is 6.54 Å². The van der Waals surface area contributed by atoms with Crippen molar-refractivity contribution in [3.8, 4) is 0 Å². The predicted octanol–water partition coefficient (Wildman–Crippen LogP) is 22.2. The van der Waals surface area contributed by atoms with E-state index in [2.05, 4.69) is 270 Å². The summed E-state index contributed by atoms with van der Waals surface area (Å²) in [5.74, 6) is 2.46. The molecule has 0 saturated heterocycles. The number of halogens is 2. The van der Waals surface area contributed by atoms with Gasteiger partial charge >= 0.3 is 0 Å². The number of para-hydroxylation sites is 2. The summed E-state index contributed by atoms with van der Waals surface area (Å²) in [7, 11) is 0. The maximum atomic E-state index is 13.3. The van der Waals surface area contributed by atoms with Crippen molar-refractivity contribution in [2.45, 2.75) is 174 Å². The molecule has 5 aromatic carbocycles. The van der Waals surface area contributed by atoms with Gasteiger partial charge in [-0.2, -0.15) is 0 Å². The number of nitrogens with zero attached hydrogens (tertiary/aromatic N) is 10. The zero-order valence-electron chi connectivity index (χ0n) is 56.2. The Kier molecular flexibility index (Phi) is 26.7. The van der Waals surface area contributed by atoms with Crippen LogP contribution < -0.4 is 0 Å². The monoisotopic (exact) mass is 1240 g/mol. The second-order valence-electron chi connectivity index (χ2n) is 24.9. The molecule has 14 heteroatoms. The average molecular weight is 1240 g/mol. The summed E-state index contributed by atoms with van der Waals surface area (Å²) in [6.45, 7) is 41.4. The summed E-state index contributed by atoms with van der Waals surface area (Å²) in [4.78, 5) is 25.3. The molecule has 0 bridgehead atoms. The SMILES string of the molecule is CC(C)C1=NC=NC1.CC(C)C1=Nc2cccc(F)c2C1.CC(C)n1ccc2ccccc21.CC(C)n1cccc1.CC(C)n1ccnc1.Cc1cc2ccccc2n1C(C)C.Cc1cc2oc(C(C)C)nc2cc1Cl.Cc1ccc2sc(C(C)C)nc2c1. The third kappa shape index (κ3) is 20.4. The number of benzene rings is 5. The van der Waals surface area contributed by atoms with Gasteiger partial charge in [-0.1, -0.05) is 116 Å². The number of hydrogen-bond acceptors (Lipinski definition) is 8. The van der Waals surface area contributed by atoms with E-state index >= 15 is 0 Å². The van der Waals surface area contributed by atoms with Gasteiger partial charge < -0.3 is 22.7 Å². The molecular formula is C75H96ClFN10OS. The van der Waals surface area contributed by atoms with Gasteiger partial charge in [0, 0.05) is 112 Å². The van der Waals surface area contributed by atoms with E-state index in [4.69, 9.17) is 16.0 Å². The topological polar surface area (TPSA) is 109 Å². The molecular weight excluding hydrogens is 1140 g/mol. The third-order valence-corrected chi connectivity index (χ3v) is 16.6. The molecule has 6 aromatic heterocycles. The summed E-state index contributed by atoms with van der Waals surface area (Å²) < 4.78 is 29.0. The van der Waals surface area contributed by atoms with Crippen LogP contribution in [-0.2, 0) is 6.42 Å². The van der Waals surface area contributed by atoms with Gasteiger partial charge in [-0.25, -0.2) is 24.3 Å². The minimum atomic E-state index is -0.128. The summed E-state index contributed by atoms with van der Waals surface area (Å²) >= 11 is 7.80. The van der Waals surface area contributed by atoms with E-state index in [1.165, 1.54) is 54.5 Å². The highest BCUT2D eigenvalue weighted by molar-refractivity contribution is 7.18. The minimum Gasteiger partial charge on any atom is -0.440 e. The van der Waals surface area contributed by atoms with Crippen molar-refractivity contribution < 1.29 is 8.81 Å². The second-order valence-corrected chi connectivity index (χ2v) is 26.3. The molecule has 0 amide bonds. The second kappa shape index (κ2) is 33.7. The van der Waals surface area contributed by atoms with Crippen LogP contribution in [0, 0.1) is 38.4 Å². The molecule has 0 N–H and O–H groups in total. The summed E-state index contributed by atoms with van der Waals surface area (Å²) in [6.07, 6.45) is 14.2. The van der Waals surface area contributed by atoms with Gasteiger partial charge in [0.25, 0.3) is 0 Å². The minimum absolute atomic E-state index is 0.128. The molecule has 0 atom stereocenters. The van der Waals surface area contributed by atoms with Crippen LogP contribution in [-0.4, -0.2) is 57.5 Å². The van der Waals surface area contributed by atoms with E-state index < -0.39 is 0 Å². The number of fused-ring (bicyclic) bond motifs is 5. The number of rotatable bonds is 8. The molecule has 11 nitrogen and oxygen atoms in total. The third-order valence-electron chi connectivity index (χ3n) is 14.8. The number of hydrogen-bond donors (Lipinski definition) is 0. The molecule has 2 aliphatic heterocycles. The molecule has 11 aromatic rings. The largest absolute Gasteiger partial charge is 0.440 e. The zero-order chi connectivity index (χ0) is 65.1. The first-order valence-corrected chi connectivity index (χ1v) is 32.6. The lowest BCUT2D eigenvalue weighted by atomic mass is 10.0. The Bertz CT molecular complexity index is 3940. The van der Waals surface area contributed by atoms with Crippen LogP contribution in [0.25, 0.3) is 43.1 Å². The van der Waals surface area contributed by atoms with Gasteiger partial charge in [-0.15, -0.1) is 11.3 Å². The molecule has 89 heavy (non-hydrogen) atoms. The molecule has 0 aliphatic carbocycles. The van der Waals surface area contributed by atoms with Crippen LogP contribution in [0.15, 0.2) is 178 Å². The lowest BCUT2D eigenvalue weighted by molar-refractivity contribution is 0.501. The number of thiazole rings is 1. The highest BCUT2D eigenvalue weighted by atomic mass is 35.5. The number of aryl methyl sites for hydroxylation is 3. The number of imidazole rings is 1.